The Balaban J connectivity index is 1.26. The Labute approximate surface area is 286 Å². The van der Waals surface area contributed by atoms with Crippen LogP contribution in [-0.4, -0.2) is 41.5 Å². The number of aliphatic hydroxyl groups is 1. The van der Waals surface area contributed by atoms with E-state index in [1.807, 2.05) is 0 Å². The molecule has 4 fully saturated rings. The summed E-state index contributed by atoms with van der Waals surface area (Å²) in [6.07, 6.45) is 7.42. The number of aliphatic hydroxyl groups excluding tert-OH is 1. The average molecular weight is 666 g/mol. The molecule has 0 spiro atoms. The molecule has 47 heavy (non-hydrogen) atoms. The van der Waals surface area contributed by atoms with Crippen molar-refractivity contribution in [3.63, 3.8) is 0 Å². The standard InChI is InChI=1S/C40H56ClNO5/c1-22(2)32-33-26(34(35(32)45)28(44)21-42-36(46)24-9-11-25(41)12-10-24)15-19-39(7)27(33)13-14-30-38(6)18-17-31(47-23(3)43)37(4,5)29(38)16-20-40(30,39)8/h9-12,22,26-31,34,44H,13-21H2,1-8H3,(H,42,46)/t26?,27-,28-,29+,30-,31+,34-,38+,39-,40-/m1/s1. The van der Waals surface area contributed by atoms with Gasteiger partial charge in [-0.15, -0.1) is 0 Å². The third-order valence-corrected chi connectivity index (χ3v) is 15.0. The van der Waals surface area contributed by atoms with E-state index in [0.717, 1.165) is 56.9 Å². The van der Waals surface area contributed by atoms with Gasteiger partial charge in [-0.1, -0.05) is 65.6 Å². The molecule has 2 N–H and O–H groups in total. The molecule has 7 heteroatoms. The molecule has 1 aromatic carbocycles. The number of rotatable bonds is 6. The van der Waals surface area contributed by atoms with Gasteiger partial charge in [-0.3, -0.25) is 14.4 Å². The number of hydrogen-bond acceptors (Lipinski definition) is 5. The lowest BCUT2D eigenvalue weighted by Gasteiger charge is -2.71. The zero-order valence-corrected chi connectivity index (χ0v) is 30.5. The van der Waals surface area contributed by atoms with Crippen molar-refractivity contribution in [3.05, 3.63) is 46.0 Å². The molecule has 0 saturated heterocycles. The number of ketones is 1. The number of Topliss-reactive ketones (excluding diaryl/α,β-unsaturated/α-hetero) is 1. The van der Waals surface area contributed by atoms with E-state index >= 15 is 0 Å². The first-order valence-corrected chi connectivity index (χ1v) is 18.5. The van der Waals surface area contributed by atoms with Gasteiger partial charge >= 0.3 is 5.97 Å². The van der Waals surface area contributed by atoms with E-state index in [4.69, 9.17) is 16.3 Å². The SMILES string of the molecule is CC(=O)O[C@H]1CC[C@]2(C)[C@H]3CC[C@@H]4C5=C(C(C)C)C(=O)[C@@H]([C@H](O)CNC(=O)c6ccc(Cl)cc6)C5CC[C@@]4(C)[C@]3(C)CC[C@H]2C1(C)C. The van der Waals surface area contributed by atoms with Crippen molar-refractivity contribution in [1.29, 1.82) is 0 Å². The molecule has 0 aromatic heterocycles. The molecule has 0 bridgehead atoms. The third kappa shape index (κ3) is 5.25. The van der Waals surface area contributed by atoms with Crippen LogP contribution in [0.2, 0.25) is 5.02 Å². The van der Waals surface area contributed by atoms with Gasteiger partial charge < -0.3 is 15.2 Å². The van der Waals surface area contributed by atoms with E-state index in [2.05, 4.69) is 53.8 Å². The van der Waals surface area contributed by atoms with E-state index < -0.39 is 12.0 Å². The van der Waals surface area contributed by atoms with Crippen molar-refractivity contribution >= 4 is 29.3 Å². The van der Waals surface area contributed by atoms with E-state index in [1.54, 1.807) is 24.3 Å². The van der Waals surface area contributed by atoms with Crippen molar-refractivity contribution in [2.24, 2.45) is 57.2 Å². The number of ether oxygens (including phenoxy) is 1. The molecule has 0 radical (unpaired) electrons. The topological polar surface area (TPSA) is 92.7 Å². The van der Waals surface area contributed by atoms with E-state index in [9.17, 15) is 19.5 Å². The zero-order valence-electron chi connectivity index (χ0n) is 29.8. The Hall–Kier alpha value is -2.18. The highest BCUT2D eigenvalue weighted by atomic mass is 35.5. The van der Waals surface area contributed by atoms with Crippen molar-refractivity contribution in [3.8, 4) is 0 Å². The molecule has 258 valence electrons. The van der Waals surface area contributed by atoms with Gasteiger partial charge in [0.25, 0.3) is 5.91 Å². The van der Waals surface area contributed by atoms with Crippen molar-refractivity contribution in [1.82, 2.24) is 5.32 Å². The summed E-state index contributed by atoms with van der Waals surface area (Å²) in [6.45, 7) is 18.1. The Morgan fingerprint density at radius 2 is 1.60 bits per heavy atom. The molecule has 5 aliphatic carbocycles. The van der Waals surface area contributed by atoms with Crippen LogP contribution in [0, 0.1) is 57.2 Å². The van der Waals surface area contributed by atoms with Crippen LogP contribution < -0.4 is 5.32 Å². The van der Waals surface area contributed by atoms with Crippen LogP contribution in [0.25, 0.3) is 0 Å². The van der Waals surface area contributed by atoms with Crippen molar-refractivity contribution < 1.29 is 24.2 Å². The molecule has 10 atom stereocenters. The molecule has 6 rings (SSSR count). The fourth-order valence-electron chi connectivity index (χ4n) is 12.5. The second-order valence-corrected chi connectivity index (χ2v) is 17.9. The predicted octanol–water partition coefficient (Wildman–Crippen LogP) is 8.20. The second kappa shape index (κ2) is 12.0. The Kier molecular flexibility index (Phi) is 8.85. The molecule has 0 aliphatic heterocycles. The maximum Gasteiger partial charge on any atom is 0.302 e. The number of allylic oxidation sites excluding steroid dienone is 2. The molecule has 1 aromatic rings. The highest BCUT2D eigenvalue weighted by molar-refractivity contribution is 6.30. The lowest BCUT2D eigenvalue weighted by Crippen LogP contribution is -2.65. The number of amides is 1. The lowest BCUT2D eigenvalue weighted by atomic mass is 9.33. The van der Waals surface area contributed by atoms with Gasteiger partial charge in [0, 0.05) is 29.5 Å². The number of carbonyl (C=O) groups is 3. The fourth-order valence-corrected chi connectivity index (χ4v) is 12.6. The van der Waals surface area contributed by atoms with Crippen molar-refractivity contribution in [2.45, 2.75) is 119 Å². The number of esters is 1. The summed E-state index contributed by atoms with van der Waals surface area (Å²) in [6, 6.07) is 6.68. The van der Waals surface area contributed by atoms with Crippen LogP contribution >= 0.6 is 11.6 Å². The molecule has 0 heterocycles. The predicted molar refractivity (Wildman–Crippen MR) is 185 cm³/mol. The van der Waals surface area contributed by atoms with Gasteiger partial charge in [0.1, 0.15) is 6.10 Å². The molecule has 5 aliphatic rings. The Morgan fingerprint density at radius 3 is 2.23 bits per heavy atom. The molecule has 4 saturated carbocycles. The quantitative estimate of drug-likeness (QED) is 0.299. The summed E-state index contributed by atoms with van der Waals surface area (Å²) in [5.74, 6) is 0.585. The molecular weight excluding hydrogens is 610 g/mol. The smallest absolute Gasteiger partial charge is 0.302 e. The van der Waals surface area contributed by atoms with Gasteiger partial charge in [-0.05, 0) is 127 Å². The molecular formula is C40H56ClNO5. The second-order valence-electron chi connectivity index (χ2n) is 17.4. The van der Waals surface area contributed by atoms with Gasteiger partial charge in [0.2, 0.25) is 0 Å². The van der Waals surface area contributed by atoms with Gasteiger partial charge in [-0.25, -0.2) is 0 Å². The fraction of sp³-hybridized carbons (Fsp3) is 0.725. The van der Waals surface area contributed by atoms with Crippen LogP contribution in [-0.2, 0) is 14.3 Å². The monoisotopic (exact) mass is 665 g/mol. The molecule has 1 amide bonds. The number of nitrogens with one attached hydrogen (secondary N) is 1. The first kappa shape index (κ1) is 34.7. The van der Waals surface area contributed by atoms with Crippen LogP contribution in [0.5, 0.6) is 0 Å². The molecule has 6 nitrogen and oxygen atoms in total. The van der Waals surface area contributed by atoms with E-state index in [0.29, 0.717) is 28.3 Å². The number of fused-ring (bicyclic) bond motifs is 7. The normalized spacial score (nSPS) is 39.8. The summed E-state index contributed by atoms with van der Waals surface area (Å²) in [5, 5.41) is 15.0. The Bertz CT molecular complexity index is 1460. The van der Waals surface area contributed by atoms with E-state index in [-0.39, 0.29) is 63.8 Å². The summed E-state index contributed by atoms with van der Waals surface area (Å²) in [7, 11) is 0. The highest BCUT2D eigenvalue weighted by Crippen LogP contribution is 2.75. The summed E-state index contributed by atoms with van der Waals surface area (Å²) in [4.78, 5) is 39.2. The minimum Gasteiger partial charge on any atom is -0.462 e. The molecule has 1 unspecified atom stereocenters. The minimum absolute atomic E-state index is 0.0191. The number of hydrogen-bond donors (Lipinski definition) is 2. The number of benzene rings is 1. The maximum absolute atomic E-state index is 14.3. The van der Waals surface area contributed by atoms with Crippen LogP contribution in [0.4, 0.5) is 0 Å². The Morgan fingerprint density at radius 1 is 0.936 bits per heavy atom. The van der Waals surface area contributed by atoms with Crippen LogP contribution in [0.3, 0.4) is 0 Å². The maximum atomic E-state index is 14.3. The number of carbonyl (C=O) groups excluding carboxylic acids is 3. The zero-order chi connectivity index (χ0) is 34.3. The van der Waals surface area contributed by atoms with Gasteiger partial charge in [-0.2, -0.15) is 0 Å². The number of halogens is 1. The van der Waals surface area contributed by atoms with Crippen LogP contribution in [0.1, 0.15) is 117 Å². The first-order chi connectivity index (χ1) is 22.0. The summed E-state index contributed by atoms with van der Waals surface area (Å²) < 4.78 is 5.92. The average Bonchev–Trinajstić information content (AvgIpc) is 3.29. The third-order valence-electron chi connectivity index (χ3n) is 14.7. The minimum atomic E-state index is -0.949. The summed E-state index contributed by atoms with van der Waals surface area (Å²) in [5.41, 5.74) is 3.02. The van der Waals surface area contributed by atoms with Crippen LogP contribution in [0.15, 0.2) is 35.4 Å². The first-order valence-electron chi connectivity index (χ1n) is 18.1. The van der Waals surface area contributed by atoms with E-state index in [1.165, 1.54) is 12.5 Å². The lowest BCUT2D eigenvalue weighted by molar-refractivity contribution is -0.231. The van der Waals surface area contributed by atoms with Crippen molar-refractivity contribution in [2.75, 3.05) is 6.54 Å². The largest absolute Gasteiger partial charge is 0.462 e. The highest BCUT2D eigenvalue weighted by Gasteiger charge is 2.69. The summed E-state index contributed by atoms with van der Waals surface area (Å²) >= 11 is 5.99. The van der Waals surface area contributed by atoms with Gasteiger partial charge in [0.05, 0.1) is 12.0 Å². The van der Waals surface area contributed by atoms with Gasteiger partial charge in [0.15, 0.2) is 5.78 Å².